The van der Waals surface area contributed by atoms with Crippen molar-refractivity contribution in [2.75, 3.05) is 17.3 Å². The second-order valence-corrected chi connectivity index (χ2v) is 3.74. The van der Waals surface area contributed by atoms with Gasteiger partial charge in [0.25, 0.3) is 0 Å². The van der Waals surface area contributed by atoms with E-state index in [4.69, 9.17) is 11.6 Å². The van der Waals surface area contributed by atoms with Gasteiger partial charge in [-0.05, 0) is 6.42 Å². The molecule has 1 rings (SSSR count). The van der Waals surface area contributed by atoms with Crippen molar-refractivity contribution < 1.29 is 9.90 Å². The van der Waals surface area contributed by atoms with Gasteiger partial charge in [0.15, 0.2) is 0 Å². The molecule has 0 radical (unpaired) electrons. The summed E-state index contributed by atoms with van der Waals surface area (Å²) in [6.07, 6.45) is 1.68. The van der Waals surface area contributed by atoms with Gasteiger partial charge in [-0.3, -0.25) is 4.79 Å². The Morgan fingerprint density at radius 3 is 2.72 bits per heavy atom. The van der Waals surface area contributed by atoms with Crippen LogP contribution in [-0.4, -0.2) is 33.6 Å². The van der Waals surface area contributed by atoms with Crippen molar-refractivity contribution in [1.29, 1.82) is 0 Å². The van der Waals surface area contributed by atoms with Crippen LogP contribution in [0.3, 0.4) is 0 Å². The van der Waals surface area contributed by atoms with Gasteiger partial charge in [0.2, 0.25) is 5.91 Å². The van der Waals surface area contributed by atoms with Gasteiger partial charge < -0.3 is 21.6 Å². The smallest absolute Gasteiger partial charge is 0.248 e. The van der Waals surface area contributed by atoms with Crippen LogP contribution in [0.1, 0.15) is 18.9 Å². The third-order valence-electron chi connectivity index (χ3n) is 2.37. The van der Waals surface area contributed by atoms with E-state index >= 15 is 0 Å². The van der Waals surface area contributed by atoms with Crippen LogP contribution in [0.25, 0.3) is 0 Å². The number of nitrogen functional groups attached to an aromatic ring is 1. The van der Waals surface area contributed by atoms with Crippen molar-refractivity contribution in [3.63, 3.8) is 0 Å². The lowest BCUT2D eigenvalue weighted by atomic mass is 10.1. The van der Waals surface area contributed by atoms with E-state index in [0.29, 0.717) is 11.6 Å². The molecule has 7 N–H and O–H groups in total. The molecule has 0 aliphatic rings. The summed E-state index contributed by atoms with van der Waals surface area (Å²) in [4.78, 5) is 18.8. The van der Waals surface area contributed by atoms with Gasteiger partial charge in [0.1, 0.15) is 24.1 Å². The van der Waals surface area contributed by atoms with Crippen molar-refractivity contribution in [3.05, 3.63) is 11.9 Å². The Morgan fingerprint density at radius 2 is 2.17 bits per heavy atom. The Labute approximate surface area is 105 Å². The zero-order valence-corrected chi connectivity index (χ0v) is 10.2. The number of nitrogens with one attached hydrogen (secondary N) is 2. The Bertz CT molecular complexity index is 411. The van der Waals surface area contributed by atoms with Crippen LogP contribution in [-0.2, 0) is 11.2 Å². The van der Waals surface area contributed by atoms with Crippen LogP contribution >= 0.6 is 0 Å². The van der Waals surface area contributed by atoms with Crippen LogP contribution < -0.4 is 22.3 Å². The number of aromatic nitrogens is 2. The molecule has 100 valence electrons. The summed E-state index contributed by atoms with van der Waals surface area (Å²) >= 11 is 0. The predicted octanol–water partition coefficient (Wildman–Crippen LogP) is -1.03. The average Bonchev–Trinajstić information content (AvgIpc) is 2.37. The molecule has 0 spiro atoms. The summed E-state index contributed by atoms with van der Waals surface area (Å²) in [5, 5.41) is 12.2. The minimum atomic E-state index is -1.26. The van der Waals surface area contributed by atoms with Crippen molar-refractivity contribution in [3.8, 4) is 0 Å². The Hall–Kier alpha value is -1.93. The van der Waals surface area contributed by atoms with Gasteiger partial charge in [-0.2, -0.15) is 0 Å². The SMILES string of the molecule is CCCc1c(NN)ncnc1NCC(O)C(N)=O. The van der Waals surface area contributed by atoms with Crippen LogP contribution in [0, 0.1) is 0 Å². The van der Waals surface area contributed by atoms with Gasteiger partial charge >= 0.3 is 0 Å². The number of nitrogens with two attached hydrogens (primary N) is 2. The molecule has 18 heavy (non-hydrogen) atoms. The number of hydrogen-bond acceptors (Lipinski definition) is 7. The lowest BCUT2D eigenvalue weighted by Gasteiger charge is -2.14. The fourth-order valence-corrected chi connectivity index (χ4v) is 1.47. The maximum atomic E-state index is 10.7. The highest BCUT2D eigenvalue weighted by molar-refractivity contribution is 5.79. The summed E-state index contributed by atoms with van der Waals surface area (Å²) in [5.41, 5.74) is 8.25. The van der Waals surface area contributed by atoms with Crippen molar-refractivity contribution >= 4 is 17.5 Å². The predicted molar refractivity (Wildman–Crippen MR) is 67.5 cm³/mol. The molecule has 8 heteroatoms. The maximum Gasteiger partial charge on any atom is 0.248 e. The van der Waals surface area contributed by atoms with E-state index in [9.17, 15) is 9.90 Å². The minimum Gasteiger partial charge on any atom is -0.381 e. The zero-order chi connectivity index (χ0) is 13.5. The normalized spacial score (nSPS) is 11.9. The summed E-state index contributed by atoms with van der Waals surface area (Å²) in [6, 6.07) is 0. The van der Waals surface area contributed by atoms with Crippen LogP contribution in [0.4, 0.5) is 11.6 Å². The number of anilines is 2. The molecule has 1 heterocycles. The number of primary amides is 1. The molecule has 1 aromatic rings. The first kappa shape index (κ1) is 14.1. The Morgan fingerprint density at radius 1 is 1.50 bits per heavy atom. The number of carbonyl (C=O) groups excluding carboxylic acids is 1. The van der Waals surface area contributed by atoms with Crippen molar-refractivity contribution in [2.24, 2.45) is 11.6 Å². The van der Waals surface area contributed by atoms with E-state index in [1.54, 1.807) is 0 Å². The van der Waals surface area contributed by atoms with E-state index < -0.39 is 12.0 Å². The number of hydrazine groups is 1. The van der Waals surface area contributed by atoms with Crippen LogP contribution in [0.5, 0.6) is 0 Å². The largest absolute Gasteiger partial charge is 0.381 e. The third-order valence-corrected chi connectivity index (χ3v) is 2.37. The molecule has 1 unspecified atom stereocenters. The number of aliphatic hydroxyl groups excluding tert-OH is 1. The first-order valence-electron chi connectivity index (χ1n) is 5.61. The average molecular weight is 254 g/mol. The lowest BCUT2D eigenvalue weighted by Crippen LogP contribution is -2.34. The van der Waals surface area contributed by atoms with Crippen molar-refractivity contribution in [1.82, 2.24) is 9.97 Å². The molecular formula is C10H18N6O2. The summed E-state index contributed by atoms with van der Waals surface area (Å²) < 4.78 is 0. The zero-order valence-electron chi connectivity index (χ0n) is 10.2. The highest BCUT2D eigenvalue weighted by Crippen LogP contribution is 2.20. The molecule has 1 amide bonds. The fourth-order valence-electron chi connectivity index (χ4n) is 1.47. The second-order valence-electron chi connectivity index (χ2n) is 3.74. The Kier molecular flexibility index (Phi) is 5.28. The Balaban J connectivity index is 2.83. The number of amides is 1. The summed E-state index contributed by atoms with van der Waals surface area (Å²) in [5.74, 6) is 5.62. The van der Waals surface area contributed by atoms with Crippen LogP contribution in [0.2, 0.25) is 0 Å². The van der Waals surface area contributed by atoms with E-state index in [0.717, 1.165) is 18.4 Å². The van der Waals surface area contributed by atoms with Gasteiger partial charge in [0, 0.05) is 5.56 Å². The lowest BCUT2D eigenvalue weighted by molar-refractivity contribution is -0.125. The highest BCUT2D eigenvalue weighted by Gasteiger charge is 2.14. The first-order valence-corrected chi connectivity index (χ1v) is 5.61. The van der Waals surface area contributed by atoms with E-state index in [2.05, 4.69) is 20.7 Å². The molecule has 0 aliphatic carbocycles. The van der Waals surface area contributed by atoms with E-state index in [1.165, 1.54) is 6.33 Å². The first-order chi connectivity index (χ1) is 8.60. The maximum absolute atomic E-state index is 10.7. The molecule has 8 nitrogen and oxygen atoms in total. The molecule has 0 saturated carbocycles. The molecule has 1 atom stereocenters. The number of carbonyl (C=O) groups is 1. The summed E-state index contributed by atoms with van der Waals surface area (Å²) in [6.45, 7) is 2.00. The highest BCUT2D eigenvalue weighted by atomic mass is 16.3. The molecule has 0 fully saturated rings. The third kappa shape index (κ3) is 3.54. The molecule has 1 aromatic heterocycles. The van der Waals surface area contributed by atoms with E-state index in [-0.39, 0.29) is 6.54 Å². The molecule has 0 saturated heterocycles. The monoisotopic (exact) mass is 254 g/mol. The molecular weight excluding hydrogens is 236 g/mol. The van der Waals surface area contributed by atoms with E-state index in [1.807, 2.05) is 6.92 Å². The minimum absolute atomic E-state index is 0.00687. The van der Waals surface area contributed by atoms with Gasteiger partial charge in [-0.1, -0.05) is 13.3 Å². The van der Waals surface area contributed by atoms with Crippen molar-refractivity contribution in [2.45, 2.75) is 25.9 Å². The number of hydrogen-bond donors (Lipinski definition) is 5. The number of aliphatic hydroxyl groups is 1. The topological polar surface area (TPSA) is 139 Å². The van der Waals surface area contributed by atoms with Crippen LogP contribution in [0.15, 0.2) is 6.33 Å². The number of nitrogens with zero attached hydrogens (tertiary/aromatic N) is 2. The fraction of sp³-hybridized carbons (Fsp3) is 0.500. The van der Waals surface area contributed by atoms with Gasteiger partial charge in [0.05, 0.1) is 6.54 Å². The second kappa shape index (κ2) is 6.72. The van der Waals surface area contributed by atoms with Gasteiger partial charge in [-0.15, -0.1) is 0 Å². The molecule has 0 aromatic carbocycles. The standard InChI is InChI=1S/C10H18N6O2/c1-2-3-6-9(13-4-7(17)8(11)18)14-5-15-10(6)16-12/h5,7,17H,2-4,12H2,1H3,(H2,11,18)(H2,13,14,15,16). The summed E-state index contributed by atoms with van der Waals surface area (Å²) in [7, 11) is 0. The quantitative estimate of drug-likeness (QED) is 0.310. The van der Waals surface area contributed by atoms with Gasteiger partial charge in [-0.25, -0.2) is 15.8 Å². The number of rotatable bonds is 7. The molecule has 0 aliphatic heterocycles. The molecule has 0 bridgehead atoms.